The number of ether oxygens (including phenoxy) is 1. The summed E-state index contributed by atoms with van der Waals surface area (Å²) >= 11 is 0. The lowest BCUT2D eigenvalue weighted by atomic mass is 9.98. The molecular weight excluding hydrogens is 200 g/mol. The summed E-state index contributed by atoms with van der Waals surface area (Å²) in [5, 5.41) is 9.87. The van der Waals surface area contributed by atoms with Crippen LogP contribution in [0.1, 0.15) is 51.3 Å². The molecule has 1 N–H and O–H groups in total. The number of aliphatic hydroxyl groups is 1. The van der Waals surface area contributed by atoms with E-state index in [9.17, 15) is 5.11 Å². The highest BCUT2D eigenvalue weighted by Crippen LogP contribution is 2.26. The van der Waals surface area contributed by atoms with Gasteiger partial charge in [-0.15, -0.1) is 0 Å². The zero-order valence-electron chi connectivity index (χ0n) is 10.7. The summed E-state index contributed by atoms with van der Waals surface area (Å²) in [4.78, 5) is 0. The van der Waals surface area contributed by atoms with Gasteiger partial charge in [-0.05, 0) is 49.9 Å². The maximum atomic E-state index is 9.87. The third-order valence-corrected chi connectivity index (χ3v) is 2.61. The summed E-state index contributed by atoms with van der Waals surface area (Å²) in [6.45, 7) is 8.11. The molecule has 0 aliphatic rings. The van der Waals surface area contributed by atoms with Crippen molar-refractivity contribution in [2.24, 2.45) is 0 Å². The van der Waals surface area contributed by atoms with Crippen LogP contribution in [0.2, 0.25) is 0 Å². The number of aliphatic hydroxyl groups excluding tert-OH is 1. The number of benzene rings is 1. The lowest BCUT2D eigenvalue weighted by Gasteiger charge is -2.16. The van der Waals surface area contributed by atoms with Gasteiger partial charge in [0.25, 0.3) is 0 Å². The first-order valence-electron chi connectivity index (χ1n) is 6.06. The van der Waals surface area contributed by atoms with Crippen LogP contribution < -0.4 is 4.74 Å². The van der Waals surface area contributed by atoms with Crippen LogP contribution in [0, 0.1) is 0 Å². The second-order valence-corrected chi connectivity index (χ2v) is 4.30. The highest BCUT2D eigenvalue weighted by atomic mass is 16.5. The molecule has 16 heavy (non-hydrogen) atoms. The van der Waals surface area contributed by atoms with Crippen LogP contribution >= 0.6 is 0 Å². The van der Waals surface area contributed by atoms with Gasteiger partial charge >= 0.3 is 0 Å². The Morgan fingerprint density at radius 1 is 1.25 bits per heavy atom. The van der Waals surface area contributed by atoms with Gasteiger partial charge in [0.1, 0.15) is 5.75 Å². The molecule has 0 fully saturated rings. The summed E-state index contributed by atoms with van der Waals surface area (Å²) in [6, 6.07) is 5.95. The minimum Gasteiger partial charge on any atom is -0.491 e. The highest BCUT2D eigenvalue weighted by molar-refractivity contribution is 5.37. The van der Waals surface area contributed by atoms with Crippen molar-refractivity contribution in [3.8, 4) is 5.75 Å². The quantitative estimate of drug-likeness (QED) is 0.826. The lowest BCUT2D eigenvalue weighted by molar-refractivity contribution is 0.172. The van der Waals surface area contributed by atoms with Crippen LogP contribution in [-0.2, 0) is 6.42 Å². The third kappa shape index (κ3) is 3.24. The van der Waals surface area contributed by atoms with Crippen LogP contribution in [0.25, 0.3) is 0 Å². The maximum Gasteiger partial charge on any atom is 0.119 e. The van der Waals surface area contributed by atoms with E-state index in [-0.39, 0.29) is 12.2 Å². The van der Waals surface area contributed by atoms with E-state index in [0.29, 0.717) is 0 Å². The maximum absolute atomic E-state index is 9.87. The summed E-state index contributed by atoms with van der Waals surface area (Å²) in [5.41, 5.74) is 2.20. The molecule has 0 spiro atoms. The fourth-order valence-corrected chi connectivity index (χ4v) is 1.78. The van der Waals surface area contributed by atoms with Gasteiger partial charge in [-0.3, -0.25) is 0 Å². The monoisotopic (exact) mass is 222 g/mol. The smallest absolute Gasteiger partial charge is 0.119 e. The van der Waals surface area contributed by atoms with E-state index >= 15 is 0 Å². The van der Waals surface area contributed by atoms with Gasteiger partial charge in [-0.25, -0.2) is 0 Å². The Bertz CT molecular complexity index is 332. The number of hydrogen-bond acceptors (Lipinski definition) is 2. The van der Waals surface area contributed by atoms with Gasteiger partial charge in [-0.1, -0.05) is 19.9 Å². The molecular formula is C14H22O2. The molecule has 1 atom stereocenters. The Hall–Kier alpha value is -1.02. The molecule has 1 unspecified atom stereocenters. The number of aryl methyl sites for hydroxylation is 1. The van der Waals surface area contributed by atoms with Crippen molar-refractivity contribution in [3.05, 3.63) is 29.3 Å². The summed E-state index contributed by atoms with van der Waals surface area (Å²) < 4.78 is 5.64. The standard InChI is InChI=1S/C14H22O2/c1-5-11-9-12(16-10(3)4)7-8-13(11)14(15)6-2/h7-10,14-15H,5-6H2,1-4H3. The molecule has 0 saturated carbocycles. The Balaban J connectivity index is 2.97. The van der Waals surface area contributed by atoms with Crippen LogP contribution in [0.3, 0.4) is 0 Å². The second kappa shape index (κ2) is 5.90. The van der Waals surface area contributed by atoms with Gasteiger partial charge in [0, 0.05) is 0 Å². The third-order valence-electron chi connectivity index (χ3n) is 2.61. The van der Waals surface area contributed by atoms with E-state index in [4.69, 9.17) is 4.74 Å². The average molecular weight is 222 g/mol. The summed E-state index contributed by atoms with van der Waals surface area (Å²) in [5.74, 6) is 0.888. The van der Waals surface area contributed by atoms with Crippen LogP contribution in [0.15, 0.2) is 18.2 Å². The Kier molecular flexibility index (Phi) is 4.81. The van der Waals surface area contributed by atoms with E-state index in [2.05, 4.69) is 6.92 Å². The van der Waals surface area contributed by atoms with E-state index in [0.717, 1.165) is 24.2 Å². The fraction of sp³-hybridized carbons (Fsp3) is 0.571. The minimum absolute atomic E-state index is 0.187. The second-order valence-electron chi connectivity index (χ2n) is 4.30. The first kappa shape index (κ1) is 13.0. The molecule has 0 bridgehead atoms. The van der Waals surface area contributed by atoms with Crippen molar-refractivity contribution < 1.29 is 9.84 Å². The normalized spacial score (nSPS) is 12.9. The molecule has 0 amide bonds. The molecule has 0 saturated heterocycles. The lowest BCUT2D eigenvalue weighted by Crippen LogP contribution is -2.07. The van der Waals surface area contributed by atoms with E-state index in [1.54, 1.807) is 0 Å². The molecule has 2 heteroatoms. The van der Waals surface area contributed by atoms with E-state index in [1.165, 1.54) is 5.56 Å². The van der Waals surface area contributed by atoms with Crippen LogP contribution in [-0.4, -0.2) is 11.2 Å². The van der Waals surface area contributed by atoms with Gasteiger partial charge in [0.15, 0.2) is 0 Å². The van der Waals surface area contributed by atoms with Crippen molar-refractivity contribution in [3.63, 3.8) is 0 Å². The molecule has 0 radical (unpaired) electrons. The molecule has 1 aromatic carbocycles. The topological polar surface area (TPSA) is 29.5 Å². The molecule has 1 aromatic rings. The average Bonchev–Trinajstić information content (AvgIpc) is 2.27. The van der Waals surface area contributed by atoms with E-state index < -0.39 is 0 Å². The molecule has 1 rings (SSSR count). The molecule has 0 heterocycles. The molecule has 90 valence electrons. The minimum atomic E-state index is -0.358. The first-order chi connectivity index (χ1) is 7.58. The van der Waals surface area contributed by atoms with Gasteiger partial charge in [0.2, 0.25) is 0 Å². The Labute approximate surface area is 98.3 Å². The van der Waals surface area contributed by atoms with Crippen molar-refractivity contribution in [1.29, 1.82) is 0 Å². The summed E-state index contributed by atoms with van der Waals surface area (Å²) in [6.07, 6.45) is 1.49. The number of rotatable bonds is 5. The van der Waals surface area contributed by atoms with Crippen LogP contribution in [0.4, 0.5) is 0 Å². The Morgan fingerprint density at radius 3 is 2.44 bits per heavy atom. The first-order valence-corrected chi connectivity index (χ1v) is 6.06. The zero-order valence-corrected chi connectivity index (χ0v) is 10.7. The van der Waals surface area contributed by atoms with E-state index in [1.807, 2.05) is 39.0 Å². The predicted molar refractivity (Wildman–Crippen MR) is 66.8 cm³/mol. The van der Waals surface area contributed by atoms with Gasteiger partial charge in [0.05, 0.1) is 12.2 Å². The fourth-order valence-electron chi connectivity index (χ4n) is 1.78. The largest absolute Gasteiger partial charge is 0.491 e. The predicted octanol–water partition coefficient (Wildman–Crippen LogP) is 3.48. The summed E-state index contributed by atoms with van der Waals surface area (Å²) in [7, 11) is 0. The molecule has 0 aliphatic carbocycles. The van der Waals surface area contributed by atoms with Crippen molar-refractivity contribution >= 4 is 0 Å². The van der Waals surface area contributed by atoms with Gasteiger partial charge < -0.3 is 9.84 Å². The van der Waals surface area contributed by atoms with Crippen LogP contribution in [0.5, 0.6) is 5.75 Å². The highest BCUT2D eigenvalue weighted by Gasteiger charge is 2.10. The molecule has 2 nitrogen and oxygen atoms in total. The molecule has 0 aliphatic heterocycles. The molecule has 0 aromatic heterocycles. The zero-order chi connectivity index (χ0) is 12.1. The van der Waals surface area contributed by atoms with Crippen molar-refractivity contribution in [2.75, 3.05) is 0 Å². The van der Waals surface area contributed by atoms with Crippen molar-refractivity contribution in [1.82, 2.24) is 0 Å². The SMILES string of the molecule is CCc1cc(OC(C)C)ccc1C(O)CC. The van der Waals surface area contributed by atoms with Crippen molar-refractivity contribution in [2.45, 2.75) is 52.7 Å². The Morgan fingerprint density at radius 2 is 1.94 bits per heavy atom. The van der Waals surface area contributed by atoms with Gasteiger partial charge in [-0.2, -0.15) is 0 Å². The number of hydrogen-bond donors (Lipinski definition) is 1.